The molecule has 4 fully saturated rings. The van der Waals surface area contributed by atoms with Gasteiger partial charge in [0.25, 0.3) is 0 Å². The van der Waals surface area contributed by atoms with Crippen LogP contribution in [0.4, 0.5) is 28.7 Å². The number of methoxy groups -OCH3 is 1. The van der Waals surface area contributed by atoms with Crippen molar-refractivity contribution >= 4 is 34.6 Å². The van der Waals surface area contributed by atoms with Gasteiger partial charge in [-0.05, 0) is 62.4 Å². The quantitative estimate of drug-likeness (QED) is 0.277. The lowest BCUT2D eigenvalue weighted by molar-refractivity contribution is -0.111. The summed E-state index contributed by atoms with van der Waals surface area (Å²) in [4.78, 5) is 35.3. The number of piperidine rings is 1. The zero-order valence-electron chi connectivity index (χ0n) is 28.3. The van der Waals surface area contributed by atoms with E-state index in [2.05, 4.69) is 54.9 Å². The third-order valence-electron chi connectivity index (χ3n) is 10.3. The summed E-state index contributed by atoms with van der Waals surface area (Å²) in [5, 5.41) is 17.6. The average molecular weight is 664 g/mol. The maximum absolute atomic E-state index is 12.6. The molecule has 0 spiro atoms. The summed E-state index contributed by atoms with van der Waals surface area (Å²) in [6, 6.07) is 17.4. The molecular weight excluding hydrogens is 618 g/mol. The van der Waals surface area contributed by atoms with Crippen molar-refractivity contribution < 1.29 is 14.4 Å². The van der Waals surface area contributed by atoms with E-state index in [-0.39, 0.29) is 11.9 Å². The van der Waals surface area contributed by atoms with Gasteiger partial charge < -0.3 is 20.3 Å². The van der Waals surface area contributed by atoms with Crippen LogP contribution in [0.2, 0.25) is 0 Å². The molecule has 49 heavy (non-hydrogen) atoms. The van der Waals surface area contributed by atoms with Gasteiger partial charge in [0.2, 0.25) is 5.91 Å². The van der Waals surface area contributed by atoms with Crippen LogP contribution in [0.1, 0.15) is 56.2 Å². The number of carbonyl (C=O) groups is 1. The Hall–Kier alpha value is -4.70. The number of nitrogens with one attached hydrogen (secondary N) is 2. The Morgan fingerprint density at radius 3 is 2.61 bits per heavy atom. The first-order valence-corrected chi connectivity index (χ1v) is 17.4. The molecule has 1 saturated carbocycles. The molecule has 12 nitrogen and oxygen atoms in total. The molecule has 3 aromatic rings. The number of nitriles is 1. The molecule has 7 rings (SSSR count). The molecule has 4 heterocycles. The highest BCUT2D eigenvalue weighted by atomic mass is 16.7. The lowest BCUT2D eigenvalue weighted by Crippen LogP contribution is -2.57. The average Bonchev–Trinajstić information content (AvgIpc) is 3.86. The summed E-state index contributed by atoms with van der Waals surface area (Å²) in [5.74, 6) is 1.47. The van der Waals surface area contributed by atoms with Crippen LogP contribution in [0, 0.1) is 11.3 Å². The van der Waals surface area contributed by atoms with E-state index in [1.807, 2.05) is 36.4 Å². The molecule has 4 aliphatic rings. The second kappa shape index (κ2) is 14.4. The van der Waals surface area contributed by atoms with Crippen LogP contribution >= 0.6 is 0 Å². The molecule has 2 unspecified atom stereocenters. The number of hydrogen-bond acceptors (Lipinski definition) is 11. The first-order valence-electron chi connectivity index (χ1n) is 17.4. The molecule has 0 bridgehead atoms. The molecule has 3 aliphatic heterocycles. The molecule has 3 saturated heterocycles. The van der Waals surface area contributed by atoms with Crippen molar-refractivity contribution in [2.75, 3.05) is 67.0 Å². The van der Waals surface area contributed by atoms with Crippen molar-refractivity contribution in [2.24, 2.45) is 0 Å². The monoisotopic (exact) mass is 663 g/mol. The minimum Gasteiger partial charge on any atom is -0.494 e. The Labute approximate surface area is 288 Å². The standard InChI is InChI=1S/C37H45N9O3/c1-4-37(47)42-30-19-31(41-35-21-36(40-24-39-35)46-32(12-17-49-46)27-7-5-6-26(18-27)22-38)34(48-3)20-33(30)43-13-10-28(11-14-43)44-15-16-45(25(2)23-44)29-8-9-29/h4-7,18-21,24-25,28-29,32H,1,8-17,23H2,2-3H3,(H,42,47)(H,39,40,41). The lowest BCUT2D eigenvalue weighted by atomic mass is 9.99. The number of amides is 1. The Morgan fingerprint density at radius 1 is 1.04 bits per heavy atom. The fourth-order valence-electron chi connectivity index (χ4n) is 7.62. The molecule has 2 aromatic carbocycles. The number of hydroxylamine groups is 1. The Kier molecular flexibility index (Phi) is 9.66. The van der Waals surface area contributed by atoms with Crippen molar-refractivity contribution in [1.82, 2.24) is 19.8 Å². The van der Waals surface area contributed by atoms with Crippen molar-refractivity contribution in [3.05, 3.63) is 72.6 Å². The van der Waals surface area contributed by atoms with Gasteiger partial charge in [0.05, 0.1) is 48.5 Å². The number of hydrogen-bond donors (Lipinski definition) is 2. The zero-order valence-corrected chi connectivity index (χ0v) is 28.3. The second-order valence-corrected chi connectivity index (χ2v) is 13.4. The van der Waals surface area contributed by atoms with Gasteiger partial charge in [-0.25, -0.2) is 15.0 Å². The summed E-state index contributed by atoms with van der Waals surface area (Å²) in [6.45, 7) is 11.8. The molecule has 1 aliphatic carbocycles. The van der Waals surface area contributed by atoms with Gasteiger partial charge in [-0.15, -0.1) is 0 Å². The van der Waals surface area contributed by atoms with Gasteiger partial charge in [-0.3, -0.25) is 19.4 Å². The zero-order chi connectivity index (χ0) is 33.9. The fraction of sp³-hybridized carbons (Fsp3) is 0.459. The normalized spacial score (nSPS) is 22.1. The minimum absolute atomic E-state index is 0.0922. The largest absolute Gasteiger partial charge is 0.494 e. The van der Waals surface area contributed by atoms with Crippen LogP contribution in [-0.2, 0) is 9.63 Å². The summed E-state index contributed by atoms with van der Waals surface area (Å²) in [6.07, 6.45) is 8.39. The molecule has 2 N–H and O–H groups in total. The highest BCUT2D eigenvalue weighted by molar-refractivity contribution is 6.02. The van der Waals surface area contributed by atoms with Gasteiger partial charge >= 0.3 is 0 Å². The van der Waals surface area contributed by atoms with E-state index >= 15 is 0 Å². The van der Waals surface area contributed by atoms with Crippen LogP contribution in [-0.4, -0.2) is 90.2 Å². The van der Waals surface area contributed by atoms with Crippen LogP contribution < -0.4 is 25.3 Å². The van der Waals surface area contributed by atoms with E-state index in [1.165, 1.54) is 31.8 Å². The molecule has 2 atom stereocenters. The molecule has 256 valence electrons. The number of nitrogens with zero attached hydrogens (tertiary/aromatic N) is 7. The van der Waals surface area contributed by atoms with E-state index < -0.39 is 0 Å². The number of benzene rings is 2. The van der Waals surface area contributed by atoms with E-state index in [1.54, 1.807) is 18.2 Å². The molecule has 0 radical (unpaired) electrons. The van der Waals surface area contributed by atoms with E-state index in [0.717, 1.165) is 62.7 Å². The van der Waals surface area contributed by atoms with Gasteiger partial charge in [-0.2, -0.15) is 5.26 Å². The summed E-state index contributed by atoms with van der Waals surface area (Å²) in [7, 11) is 1.64. The van der Waals surface area contributed by atoms with Crippen LogP contribution in [0.25, 0.3) is 0 Å². The van der Waals surface area contributed by atoms with E-state index in [9.17, 15) is 10.1 Å². The number of anilines is 5. The van der Waals surface area contributed by atoms with Crippen molar-refractivity contribution in [3.8, 4) is 11.8 Å². The number of ether oxygens (including phenoxy) is 1. The van der Waals surface area contributed by atoms with Crippen molar-refractivity contribution in [2.45, 2.75) is 63.2 Å². The highest BCUT2D eigenvalue weighted by Gasteiger charge is 2.37. The lowest BCUT2D eigenvalue weighted by Gasteiger charge is -2.46. The number of carbonyl (C=O) groups excluding carboxylic acids is 1. The first-order chi connectivity index (χ1) is 23.9. The highest BCUT2D eigenvalue weighted by Crippen LogP contribution is 2.41. The van der Waals surface area contributed by atoms with Gasteiger partial charge in [-0.1, -0.05) is 18.7 Å². The predicted molar refractivity (Wildman–Crippen MR) is 190 cm³/mol. The Bertz CT molecular complexity index is 1720. The number of aromatic nitrogens is 2. The third kappa shape index (κ3) is 7.20. The molecule has 12 heteroatoms. The maximum atomic E-state index is 12.6. The third-order valence-corrected chi connectivity index (χ3v) is 10.3. The van der Waals surface area contributed by atoms with E-state index in [0.29, 0.717) is 53.0 Å². The predicted octanol–water partition coefficient (Wildman–Crippen LogP) is 5.25. The molecule has 1 aromatic heterocycles. The summed E-state index contributed by atoms with van der Waals surface area (Å²) < 4.78 is 5.88. The number of piperazine rings is 1. The van der Waals surface area contributed by atoms with Crippen LogP contribution in [0.15, 0.2) is 61.4 Å². The van der Waals surface area contributed by atoms with Crippen molar-refractivity contribution in [1.29, 1.82) is 5.26 Å². The summed E-state index contributed by atoms with van der Waals surface area (Å²) >= 11 is 0. The first kappa shape index (κ1) is 32.8. The van der Waals surface area contributed by atoms with Crippen LogP contribution in [0.5, 0.6) is 5.75 Å². The number of rotatable bonds is 10. The van der Waals surface area contributed by atoms with Gasteiger partial charge in [0, 0.05) is 69.4 Å². The smallest absolute Gasteiger partial charge is 0.247 e. The van der Waals surface area contributed by atoms with Gasteiger partial charge in [0.15, 0.2) is 5.82 Å². The maximum Gasteiger partial charge on any atom is 0.247 e. The fourth-order valence-corrected chi connectivity index (χ4v) is 7.62. The topological polar surface area (TPSA) is 122 Å². The van der Waals surface area contributed by atoms with Crippen LogP contribution in [0.3, 0.4) is 0 Å². The van der Waals surface area contributed by atoms with E-state index in [4.69, 9.17) is 9.57 Å². The molecule has 1 amide bonds. The SMILES string of the molecule is C=CC(=O)Nc1cc(Nc2cc(N3OCCC3c3cccc(C#N)c3)ncn2)c(OC)cc1N1CCC(N2CCN(C3CC3)C(C)C2)CC1. The Morgan fingerprint density at radius 2 is 1.88 bits per heavy atom. The molecular formula is C37H45N9O3. The van der Waals surface area contributed by atoms with Gasteiger partial charge in [0.1, 0.15) is 17.9 Å². The minimum atomic E-state index is -0.281. The Balaban J connectivity index is 1.08. The van der Waals surface area contributed by atoms with Crippen molar-refractivity contribution in [3.63, 3.8) is 0 Å². The second-order valence-electron chi connectivity index (χ2n) is 13.4. The summed E-state index contributed by atoms with van der Waals surface area (Å²) in [5.41, 5.74) is 3.82.